The highest BCUT2D eigenvalue weighted by molar-refractivity contribution is 5.99. The normalized spacial score (nSPS) is 20.8. The van der Waals surface area contributed by atoms with Gasteiger partial charge in [0.1, 0.15) is 5.78 Å². The van der Waals surface area contributed by atoms with E-state index in [1.54, 1.807) is 0 Å². The van der Waals surface area contributed by atoms with E-state index in [2.05, 4.69) is 101 Å². The van der Waals surface area contributed by atoms with E-state index in [4.69, 9.17) is 4.43 Å². The van der Waals surface area contributed by atoms with E-state index in [1.165, 1.54) is 11.1 Å². The summed E-state index contributed by atoms with van der Waals surface area (Å²) in [6.07, 6.45) is 4.64. The highest BCUT2D eigenvalue weighted by atomic mass is 28.2. The molecule has 31 heavy (non-hydrogen) atoms. The van der Waals surface area contributed by atoms with Crippen molar-refractivity contribution >= 4 is 16.3 Å². The van der Waals surface area contributed by atoms with E-state index in [1.807, 2.05) is 0 Å². The zero-order valence-electron chi connectivity index (χ0n) is 20.0. The van der Waals surface area contributed by atoms with Crippen molar-refractivity contribution in [2.24, 2.45) is 23.2 Å². The molecule has 0 radical (unpaired) electrons. The van der Waals surface area contributed by atoms with Crippen molar-refractivity contribution in [3.05, 3.63) is 83.6 Å². The van der Waals surface area contributed by atoms with Crippen LogP contribution in [-0.2, 0) is 14.6 Å². The van der Waals surface area contributed by atoms with Crippen LogP contribution >= 0.6 is 0 Å². The average Bonchev–Trinajstić information content (AvgIpc) is 2.75. The first kappa shape index (κ1) is 23.5. The molecule has 0 saturated heterocycles. The summed E-state index contributed by atoms with van der Waals surface area (Å²) in [5.74, 6) is 2.54. The van der Waals surface area contributed by atoms with Crippen molar-refractivity contribution in [1.29, 1.82) is 0 Å². The maximum Gasteiger partial charge on any atom is 0.203 e. The van der Waals surface area contributed by atoms with Crippen molar-refractivity contribution in [2.45, 2.75) is 59.3 Å². The van der Waals surface area contributed by atoms with Gasteiger partial charge in [-0.3, -0.25) is 4.79 Å². The van der Waals surface area contributed by atoms with E-state index >= 15 is 0 Å². The summed E-state index contributed by atoms with van der Waals surface area (Å²) in [7, 11) is 0.612. The molecule has 0 aromatic heterocycles. The summed E-state index contributed by atoms with van der Waals surface area (Å²) < 4.78 is 6.26. The molecule has 2 aromatic carbocycles. The smallest absolute Gasteiger partial charge is 0.203 e. The standard InChI is InChI=1S/C28H38O2Si/c1-20(2)24-17-16-23(29)18-25(24)26(30-31)19-28(27(3,4)5,21-12-8-6-9-13-21)22-14-10-7-11-15-22/h6-15,19-20,24-25H,16-18H2,1-5,31H3. The molecule has 0 heterocycles. The van der Waals surface area contributed by atoms with Crippen molar-refractivity contribution in [3.63, 3.8) is 0 Å². The number of allylic oxidation sites excluding steroid dienone is 2. The third-order valence-electron chi connectivity index (χ3n) is 7.18. The van der Waals surface area contributed by atoms with Crippen LogP contribution in [0.1, 0.15) is 65.0 Å². The fourth-order valence-corrected chi connectivity index (χ4v) is 5.91. The number of benzene rings is 2. The van der Waals surface area contributed by atoms with E-state index in [0.717, 1.165) is 12.2 Å². The van der Waals surface area contributed by atoms with Crippen LogP contribution in [0.4, 0.5) is 0 Å². The first-order valence-electron chi connectivity index (χ1n) is 11.6. The Morgan fingerprint density at radius 1 is 1.00 bits per heavy atom. The van der Waals surface area contributed by atoms with Gasteiger partial charge in [0.2, 0.25) is 10.5 Å². The molecule has 2 nitrogen and oxygen atoms in total. The fraction of sp³-hybridized carbons (Fsp3) is 0.464. The molecular weight excluding hydrogens is 396 g/mol. The number of hydrogen-bond donors (Lipinski definition) is 0. The van der Waals surface area contributed by atoms with Crippen LogP contribution in [0.15, 0.2) is 72.5 Å². The number of carbonyl (C=O) groups is 1. The first-order chi connectivity index (χ1) is 14.7. The second kappa shape index (κ2) is 9.56. The monoisotopic (exact) mass is 434 g/mol. The topological polar surface area (TPSA) is 26.3 Å². The molecule has 0 bridgehead atoms. The molecule has 0 spiro atoms. The summed E-state index contributed by atoms with van der Waals surface area (Å²) in [6, 6.07) is 21.5. The van der Waals surface area contributed by atoms with Gasteiger partial charge in [-0.15, -0.1) is 0 Å². The number of carbonyl (C=O) groups excluding carboxylic acids is 1. The maximum atomic E-state index is 12.5. The third kappa shape index (κ3) is 4.72. The minimum absolute atomic E-state index is 0.104. The molecule has 1 aliphatic carbocycles. The van der Waals surface area contributed by atoms with Crippen LogP contribution in [0.25, 0.3) is 0 Å². The van der Waals surface area contributed by atoms with Crippen molar-refractivity contribution in [1.82, 2.24) is 0 Å². The minimum atomic E-state index is -0.364. The van der Waals surface area contributed by atoms with Crippen LogP contribution in [0.5, 0.6) is 0 Å². The highest BCUT2D eigenvalue weighted by Crippen LogP contribution is 2.50. The molecule has 2 unspecified atom stereocenters. The first-order valence-corrected chi connectivity index (χ1v) is 12.4. The number of rotatable bonds is 6. The van der Waals surface area contributed by atoms with Gasteiger partial charge in [0.25, 0.3) is 0 Å². The Hall–Kier alpha value is -2.13. The predicted octanol–water partition coefficient (Wildman–Crippen LogP) is 5.84. The predicted molar refractivity (Wildman–Crippen MR) is 133 cm³/mol. The molecule has 1 aliphatic rings. The Bertz CT molecular complexity index is 854. The average molecular weight is 435 g/mol. The molecular formula is C28H38O2Si. The molecule has 3 heteroatoms. The zero-order chi connectivity index (χ0) is 22.6. The van der Waals surface area contributed by atoms with Crippen LogP contribution in [0.3, 0.4) is 0 Å². The number of hydrogen-bond acceptors (Lipinski definition) is 2. The molecule has 0 N–H and O–H groups in total. The van der Waals surface area contributed by atoms with Gasteiger partial charge in [-0.05, 0) is 40.9 Å². The summed E-state index contributed by atoms with van der Waals surface area (Å²) in [5, 5.41) is 0. The Morgan fingerprint density at radius 2 is 1.52 bits per heavy atom. The van der Waals surface area contributed by atoms with E-state index in [-0.39, 0.29) is 16.7 Å². The molecule has 2 atom stereocenters. The lowest BCUT2D eigenvalue weighted by atomic mass is 9.58. The van der Waals surface area contributed by atoms with E-state index in [9.17, 15) is 4.79 Å². The Morgan fingerprint density at radius 3 is 1.94 bits per heavy atom. The lowest BCUT2D eigenvalue weighted by Gasteiger charge is -2.45. The van der Waals surface area contributed by atoms with Crippen molar-refractivity contribution < 1.29 is 9.22 Å². The maximum absolute atomic E-state index is 12.5. The fourth-order valence-electron chi connectivity index (χ4n) is 5.49. The number of ketones is 1. The lowest BCUT2D eigenvalue weighted by molar-refractivity contribution is -0.123. The van der Waals surface area contributed by atoms with Gasteiger partial charge in [-0.1, -0.05) is 95.3 Å². The third-order valence-corrected chi connectivity index (χ3v) is 7.65. The van der Waals surface area contributed by atoms with Gasteiger partial charge in [0.05, 0.1) is 5.76 Å². The minimum Gasteiger partial charge on any atom is -0.556 e. The molecule has 1 saturated carbocycles. The summed E-state index contributed by atoms with van der Waals surface area (Å²) >= 11 is 0. The SMILES string of the molecule is CC(C)C1CCC(=O)CC1C(=CC(c1ccccc1)(c1ccccc1)C(C)(C)C)O[SiH3]. The molecule has 1 fully saturated rings. The van der Waals surface area contributed by atoms with Crippen molar-refractivity contribution in [3.8, 4) is 0 Å². The Balaban J connectivity index is 2.28. The van der Waals surface area contributed by atoms with Gasteiger partial charge >= 0.3 is 0 Å². The van der Waals surface area contributed by atoms with Crippen LogP contribution in [0, 0.1) is 23.2 Å². The van der Waals surface area contributed by atoms with Gasteiger partial charge < -0.3 is 4.43 Å². The molecule has 166 valence electrons. The van der Waals surface area contributed by atoms with Gasteiger partial charge in [0, 0.05) is 24.2 Å². The molecule has 2 aromatic rings. The number of Topliss-reactive ketones (excluding diaryl/α,β-unsaturated/α-hetero) is 1. The van der Waals surface area contributed by atoms with Gasteiger partial charge in [0.15, 0.2) is 0 Å². The largest absolute Gasteiger partial charge is 0.556 e. The van der Waals surface area contributed by atoms with Gasteiger partial charge in [-0.2, -0.15) is 0 Å². The summed E-state index contributed by atoms with van der Waals surface area (Å²) in [5.41, 5.74) is 2.05. The second-order valence-corrected chi connectivity index (χ2v) is 10.7. The van der Waals surface area contributed by atoms with Crippen LogP contribution in [0.2, 0.25) is 0 Å². The van der Waals surface area contributed by atoms with Crippen LogP contribution in [-0.4, -0.2) is 16.3 Å². The lowest BCUT2D eigenvalue weighted by Crippen LogP contribution is -2.41. The summed E-state index contributed by atoms with van der Waals surface area (Å²) in [4.78, 5) is 12.5. The van der Waals surface area contributed by atoms with Gasteiger partial charge in [-0.25, -0.2) is 0 Å². The highest BCUT2D eigenvalue weighted by Gasteiger charge is 2.45. The van der Waals surface area contributed by atoms with Crippen LogP contribution < -0.4 is 0 Å². The molecule has 3 rings (SSSR count). The molecule has 0 amide bonds. The summed E-state index contributed by atoms with van der Waals surface area (Å²) in [6.45, 7) is 11.5. The quantitative estimate of drug-likeness (QED) is 0.422. The Kier molecular flexibility index (Phi) is 7.26. The molecule has 0 aliphatic heterocycles. The van der Waals surface area contributed by atoms with Crippen molar-refractivity contribution in [2.75, 3.05) is 0 Å². The van der Waals surface area contributed by atoms with E-state index in [0.29, 0.717) is 40.9 Å². The Labute approximate surface area is 191 Å². The zero-order valence-corrected chi connectivity index (χ0v) is 22.0. The second-order valence-electron chi connectivity index (χ2n) is 10.3. The van der Waals surface area contributed by atoms with E-state index < -0.39 is 0 Å².